The van der Waals surface area contributed by atoms with Gasteiger partial charge in [-0.1, -0.05) is 0 Å². The molecule has 1 aliphatic heterocycles. The van der Waals surface area contributed by atoms with E-state index in [1.54, 1.807) is 5.38 Å². The van der Waals surface area contributed by atoms with E-state index < -0.39 is 5.97 Å². The zero-order valence-electron chi connectivity index (χ0n) is 10.4. The third-order valence-electron chi connectivity index (χ3n) is 3.31. The van der Waals surface area contributed by atoms with Gasteiger partial charge in [0, 0.05) is 29.7 Å². The first-order chi connectivity index (χ1) is 9.24. The van der Waals surface area contributed by atoms with Crippen LogP contribution >= 0.6 is 11.3 Å². The van der Waals surface area contributed by atoms with E-state index in [1.165, 1.54) is 29.9 Å². The molecule has 0 atom stereocenters. The van der Waals surface area contributed by atoms with Crippen molar-refractivity contribution < 1.29 is 9.90 Å². The van der Waals surface area contributed by atoms with Crippen LogP contribution in [-0.4, -0.2) is 29.1 Å². The summed E-state index contributed by atoms with van der Waals surface area (Å²) < 4.78 is 0. The number of hydrogen-bond acceptors (Lipinski definition) is 4. The average molecular weight is 274 g/mol. The second-order valence-corrected chi connectivity index (χ2v) is 5.44. The first-order valence-corrected chi connectivity index (χ1v) is 7.16. The SMILES string of the molecule is O=C(O)c1csc(-c2ccc(N3CCCC3)cc2)n1. The summed E-state index contributed by atoms with van der Waals surface area (Å²) in [7, 11) is 0. The highest BCUT2D eigenvalue weighted by atomic mass is 32.1. The smallest absolute Gasteiger partial charge is 0.355 e. The number of carboxylic acid groups (broad SMARTS) is 1. The molecule has 2 aromatic rings. The summed E-state index contributed by atoms with van der Waals surface area (Å²) in [5, 5.41) is 11.2. The van der Waals surface area contributed by atoms with Gasteiger partial charge in [-0.25, -0.2) is 9.78 Å². The average Bonchev–Trinajstić information content (AvgIpc) is 3.11. The van der Waals surface area contributed by atoms with E-state index in [-0.39, 0.29) is 5.69 Å². The molecule has 98 valence electrons. The predicted octanol–water partition coefficient (Wildman–Crippen LogP) is 3.11. The van der Waals surface area contributed by atoms with E-state index in [2.05, 4.69) is 22.0 Å². The van der Waals surface area contributed by atoms with Gasteiger partial charge in [-0.3, -0.25) is 0 Å². The number of hydrogen-bond donors (Lipinski definition) is 1. The maximum Gasteiger partial charge on any atom is 0.355 e. The highest BCUT2D eigenvalue weighted by Gasteiger charge is 2.13. The Morgan fingerprint density at radius 1 is 1.21 bits per heavy atom. The van der Waals surface area contributed by atoms with E-state index in [0.717, 1.165) is 23.7 Å². The first-order valence-electron chi connectivity index (χ1n) is 6.28. The second kappa shape index (κ2) is 5.01. The predicted molar refractivity (Wildman–Crippen MR) is 76.0 cm³/mol. The fraction of sp³-hybridized carbons (Fsp3) is 0.286. The lowest BCUT2D eigenvalue weighted by Crippen LogP contribution is -2.17. The zero-order valence-corrected chi connectivity index (χ0v) is 11.2. The Morgan fingerprint density at radius 2 is 1.89 bits per heavy atom. The molecule has 1 aromatic heterocycles. The van der Waals surface area contributed by atoms with E-state index in [9.17, 15) is 4.79 Å². The first kappa shape index (κ1) is 12.2. The molecule has 1 fully saturated rings. The van der Waals surface area contributed by atoms with Crippen molar-refractivity contribution in [3.8, 4) is 10.6 Å². The number of aromatic nitrogens is 1. The number of anilines is 1. The van der Waals surface area contributed by atoms with Gasteiger partial charge in [0.15, 0.2) is 5.69 Å². The van der Waals surface area contributed by atoms with Gasteiger partial charge in [0.25, 0.3) is 0 Å². The van der Waals surface area contributed by atoms with Crippen LogP contribution in [0.4, 0.5) is 5.69 Å². The van der Waals surface area contributed by atoms with Crippen LogP contribution < -0.4 is 4.90 Å². The van der Waals surface area contributed by atoms with Crippen LogP contribution in [0.25, 0.3) is 10.6 Å². The van der Waals surface area contributed by atoms with Gasteiger partial charge >= 0.3 is 5.97 Å². The van der Waals surface area contributed by atoms with Crippen LogP contribution in [0.5, 0.6) is 0 Å². The molecule has 1 aromatic carbocycles. The number of benzene rings is 1. The quantitative estimate of drug-likeness (QED) is 0.934. The van der Waals surface area contributed by atoms with Gasteiger partial charge in [-0.05, 0) is 37.1 Å². The largest absolute Gasteiger partial charge is 0.476 e. The molecule has 0 amide bonds. The van der Waals surface area contributed by atoms with Crippen molar-refractivity contribution in [2.45, 2.75) is 12.8 Å². The second-order valence-electron chi connectivity index (χ2n) is 4.58. The van der Waals surface area contributed by atoms with E-state index >= 15 is 0 Å². The maximum atomic E-state index is 10.8. The Morgan fingerprint density at radius 3 is 2.47 bits per heavy atom. The molecule has 0 bridgehead atoms. The summed E-state index contributed by atoms with van der Waals surface area (Å²) in [6.45, 7) is 2.25. The normalized spacial score (nSPS) is 14.8. The van der Waals surface area contributed by atoms with Crippen molar-refractivity contribution in [3.63, 3.8) is 0 Å². The number of rotatable bonds is 3. The molecule has 19 heavy (non-hydrogen) atoms. The molecule has 0 unspecified atom stereocenters. The minimum absolute atomic E-state index is 0.114. The molecule has 0 spiro atoms. The molecular weight excluding hydrogens is 260 g/mol. The Labute approximate surface area is 115 Å². The van der Waals surface area contributed by atoms with Gasteiger partial charge in [0.05, 0.1) is 0 Å². The minimum atomic E-state index is -0.976. The van der Waals surface area contributed by atoms with E-state index in [0.29, 0.717) is 0 Å². The summed E-state index contributed by atoms with van der Waals surface area (Å²) >= 11 is 1.36. The van der Waals surface area contributed by atoms with E-state index in [4.69, 9.17) is 5.11 Å². The lowest BCUT2D eigenvalue weighted by atomic mass is 10.2. The van der Waals surface area contributed by atoms with Gasteiger partial charge in [0.2, 0.25) is 0 Å². The Balaban J connectivity index is 1.82. The molecule has 0 aliphatic carbocycles. The highest BCUT2D eigenvalue weighted by Crippen LogP contribution is 2.27. The lowest BCUT2D eigenvalue weighted by molar-refractivity contribution is 0.0691. The summed E-state index contributed by atoms with van der Waals surface area (Å²) in [5.41, 5.74) is 2.32. The number of nitrogens with zero attached hydrogens (tertiary/aromatic N) is 2. The molecule has 0 saturated carbocycles. The van der Waals surface area contributed by atoms with Crippen molar-refractivity contribution in [3.05, 3.63) is 35.3 Å². The lowest BCUT2D eigenvalue weighted by Gasteiger charge is -2.17. The molecule has 0 radical (unpaired) electrons. The van der Waals surface area contributed by atoms with Gasteiger partial charge in [0.1, 0.15) is 5.01 Å². The molecule has 3 rings (SSSR count). The van der Waals surface area contributed by atoms with Gasteiger partial charge in [-0.15, -0.1) is 11.3 Å². The molecule has 1 N–H and O–H groups in total. The van der Waals surface area contributed by atoms with Crippen molar-refractivity contribution >= 4 is 23.0 Å². The Hall–Kier alpha value is -1.88. The molecule has 4 nitrogen and oxygen atoms in total. The maximum absolute atomic E-state index is 10.8. The fourth-order valence-corrected chi connectivity index (χ4v) is 3.09. The molecular formula is C14H14N2O2S. The summed E-state index contributed by atoms with van der Waals surface area (Å²) in [6, 6.07) is 8.20. The number of carboxylic acids is 1. The summed E-state index contributed by atoms with van der Waals surface area (Å²) in [5.74, 6) is -0.976. The standard InChI is InChI=1S/C14H14N2O2S/c17-14(18)12-9-19-13(15-12)10-3-5-11(6-4-10)16-7-1-2-8-16/h3-6,9H,1-2,7-8H2,(H,17,18). The number of carbonyl (C=O) groups is 1. The van der Waals surface area contributed by atoms with Gasteiger partial charge < -0.3 is 10.0 Å². The van der Waals surface area contributed by atoms with Crippen LogP contribution in [0, 0.1) is 0 Å². The van der Waals surface area contributed by atoms with Crippen LogP contribution in [-0.2, 0) is 0 Å². The molecule has 5 heteroatoms. The Kier molecular flexibility index (Phi) is 3.21. The minimum Gasteiger partial charge on any atom is -0.476 e. The van der Waals surface area contributed by atoms with E-state index in [1.807, 2.05) is 12.1 Å². The third-order valence-corrected chi connectivity index (χ3v) is 4.20. The highest BCUT2D eigenvalue weighted by molar-refractivity contribution is 7.13. The van der Waals surface area contributed by atoms with Crippen molar-refractivity contribution in [2.24, 2.45) is 0 Å². The number of thiazole rings is 1. The fourth-order valence-electron chi connectivity index (χ4n) is 2.29. The molecule has 1 saturated heterocycles. The van der Waals surface area contributed by atoms with Crippen LogP contribution in [0.2, 0.25) is 0 Å². The number of aromatic carboxylic acids is 1. The van der Waals surface area contributed by atoms with Gasteiger partial charge in [-0.2, -0.15) is 0 Å². The van der Waals surface area contributed by atoms with Crippen LogP contribution in [0.3, 0.4) is 0 Å². The van der Waals surface area contributed by atoms with Crippen molar-refractivity contribution in [1.82, 2.24) is 4.98 Å². The molecule has 2 heterocycles. The zero-order chi connectivity index (χ0) is 13.2. The van der Waals surface area contributed by atoms with Crippen LogP contribution in [0.1, 0.15) is 23.3 Å². The Bertz CT molecular complexity index is 586. The van der Waals surface area contributed by atoms with Crippen LogP contribution in [0.15, 0.2) is 29.6 Å². The topological polar surface area (TPSA) is 53.4 Å². The van der Waals surface area contributed by atoms with Crippen molar-refractivity contribution in [2.75, 3.05) is 18.0 Å². The summed E-state index contributed by atoms with van der Waals surface area (Å²) in [4.78, 5) is 17.3. The monoisotopic (exact) mass is 274 g/mol. The van der Waals surface area contributed by atoms with Crippen molar-refractivity contribution in [1.29, 1.82) is 0 Å². The molecule has 1 aliphatic rings. The summed E-state index contributed by atoms with van der Waals surface area (Å²) in [6.07, 6.45) is 2.52. The third kappa shape index (κ3) is 2.46.